The zero-order valence-electron chi connectivity index (χ0n) is 19.7. The number of ketones is 2. The Morgan fingerprint density at radius 1 is 1.17 bits per heavy atom. The number of likely N-dealkylation sites (tertiary alicyclic amines) is 1. The normalized spacial score (nSPS) is 28.3. The third kappa shape index (κ3) is 3.54. The number of benzene rings is 1. The van der Waals surface area contributed by atoms with Gasteiger partial charge in [0, 0.05) is 23.5 Å². The largest absolute Gasteiger partial charge is 0.508 e. The minimum atomic E-state index is -2.63. The fraction of sp³-hybridized carbons (Fsp3) is 0.500. The number of rotatable bonds is 5. The Morgan fingerprint density at radius 2 is 1.86 bits per heavy atom. The highest BCUT2D eigenvalue weighted by atomic mass is 19.1. The molecule has 1 aromatic rings. The number of hydrogen-bond acceptors (Lipinski definition) is 8. The van der Waals surface area contributed by atoms with Gasteiger partial charge in [-0.3, -0.25) is 14.4 Å². The Balaban J connectivity index is 1.54. The maximum atomic E-state index is 15.2. The summed E-state index contributed by atoms with van der Waals surface area (Å²) < 4.78 is 15.2. The van der Waals surface area contributed by atoms with Gasteiger partial charge in [-0.25, -0.2) is 4.39 Å². The van der Waals surface area contributed by atoms with Gasteiger partial charge in [-0.05, 0) is 75.7 Å². The van der Waals surface area contributed by atoms with Gasteiger partial charge in [0.2, 0.25) is 5.78 Å². The summed E-state index contributed by atoms with van der Waals surface area (Å²) in [6.45, 7) is 2.82. The van der Waals surface area contributed by atoms with Crippen LogP contribution < -0.4 is 5.73 Å². The number of aryl methyl sites for hydroxylation is 1. The molecule has 3 aliphatic carbocycles. The summed E-state index contributed by atoms with van der Waals surface area (Å²) in [5.74, 6) is -7.72. The minimum absolute atomic E-state index is 0.0271. The van der Waals surface area contributed by atoms with Crippen LogP contribution in [-0.2, 0) is 27.2 Å². The van der Waals surface area contributed by atoms with Crippen LogP contribution in [0.3, 0.4) is 0 Å². The highest BCUT2D eigenvalue weighted by molar-refractivity contribution is 6.22. The molecule has 1 saturated carbocycles. The van der Waals surface area contributed by atoms with Crippen LogP contribution in [0.2, 0.25) is 0 Å². The molecule has 1 aliphatic heterocycles. The molecule has 1 amide bonds. The van der Waals surface area contributed by atoms with E-state index in [-0.39, 0.29) is 35.3 Å². The smallest absolute Gasteiger partial charge is 0.255 e. The van der Waals surface area contributed by atoms with Crippen LogP contribution in [0.25, 0.3) is 5.76 Å². The quantitative estimate of drug-likeness (QED) is 0.381. The van der Waals surface area contributed by atoms with Crippen molar-refractivity contribution in [3.63, 3.8) is 0 Å². The fourth-order valence-corrected chi connectivity index (χ4v) is 6.39. The summed E-state index contributed by atoms with van der Waals surface area (Å²) in [4.78, 5) is 39.9. The average Bonchev–Trinajstić information content (AvgIpc) is 3.32. The van der Waals surface area contributed by atoms with Crippen LogP contribution in [0.4, 0.5) is 4.39 Å². The molecule has 10 heteroatoms. The van der Waals surface area contributed by atoms with Gasteiger partial charge in [0.1, 0.15) is 28.7 Å². The zero-order valence-corrected chi connectivity index (χ0v) is 19.7. The molecule has 9 nitrogen and oxygen atoms in total. The number of halogens is 1. The molecule has 1 heterocycles. The Hall–Kier alpha value is -3.24. The van der Waals surface area contributed by atoms with Gasteiger partial charge in [-0.15, -0.1) is 0 Å². The van der Waals surface area contributed by atoms with Crippen molar-refractivity contribution in [1.29, 1.82) is 0 Å². The van der Waals surface area contributed by atoms with Gasteiger partial charge in [0.15, 0.2) is 11.4 Å². The Morgan fingerprint density at radius 3 is 2.53 bits per heavy atom. The number of aromatic hydroxyl groups is 1. The van der Waals surface area contributed by atoms with Crippen molar-refractivity contribution in [2.45, 2.75) is 50.5 Å². The molecular formula is C26H29FN2O7. The van der Waals surface area contributed by atoms with Gasteiger partial charge >= 0.3 is 0 Å². The molecule has 1 unspecified atom stereocenters. The van der Waals surface area contributed by atoms with Gasteiger partial charge in [0.25, 0.3) is 5.91 Å². The van der Waals surface area contributed by atoms with E-state index in [4.69, 9.17) is 5.73 Å². The average molecular weight is 501 g/mol. The summed E-state index contributed by atoms with van der Waals surface area (Å²) in [6.07, 6.45) is 2.85. The first-order chi connectivity index (χ1) is 17.1. The number of hydrogen-bond donors (Lipinski definition) is 5. The van der Waals surface area contributed by atoms with Crippen LogP contribution in [0.5, 0.6) is 5.75 Å². The lowest BCUT2D eigenvalue weighted by molar-refractivity contribution is -0.147. The summed E-state index contributed by atoms with van der Waals surface area (Å²) >= 11 is 0. The standard InChI is InChI=1S/C26H29FN2O7/c27-16-10-12(4-3-7-29-5-1-2-6-29)21(31)19-15(16)9-13-8-14-11-17(30)20(25(28)35)24(34)26(14,36)23(33)18(13)22(19)32/h10,13-14,31-32,34,36H,1-9,11H2,(H2,28,35)/t13?,14-,26-/m0/s1. The number of fused-ring (bicyclic) bond motifs is 3. The minimum Gasteiger partial charge on any atom is -0.508 e. The van der Waals surface area contributed by atoms with Crippen molar-refractivity contribution in [1.82, 2.24) is 4.90 Å². The van der Waals surface area contributed by atoms with E-state index in [0.29, 0.717) is 18.4 Å². The molecule has 1 saturated heterocycles. The van der Waals surface area contributed by atoms with Crippen molar-refractivity contribution in [2.75, 3.05) is 19.6 Å². The monoisotopic (exact) mass is 500 g/mol. The highest BCUT2D eigenvalue weighted by Crippen LogP contribution is 2.52. The number of carbonyl (C=O) groups is 3. The molecule has 192 valence electrons. The number of phenols is 1. The van der Waals surface area contributed by atoms with E-state index in [1.807, 2.05) is 0 Å². The predicted molar refractivity (Wildman–Crippen MR) is 125 cm³/mol. The van der Waals surface area contributed by atoms with Crippen LogP contribution in [0.15, 0.2) is 23.0 Å². The number of primary amides is 1. The lowest BCUT2D eigenvalue weighted by atomic mass is 9.59. The van der Waals surface area contributed by atoms with Crippen molar-refractivity contribution in [2.24, 2.45) is 17.6 Å². The van der Waals surface area contributed by atoms with Gasteiger partial charge in [-0.1, -0.05) is 0 Å². The van der Waals surface area contributed by atoms with Gasteiger partial charge in [-0.2, -0.15) is 0 Å². The maximum absolute atomic E-state index is 15.2. The van der Waals surface area contributed by atoms with Crippen molar-refractivity contribution in [3.05, 3.63) is 45.5 Å². The maximum Gasteiger partial charge on any atom is 0.255 e. The molecular weight excluding hydrogens is 471 g/mol. The molecule has 0 radical (unpaired) electrons. The van der Waals surface area contributed by atoms with E-state index >= 15 is 4.39 Å². The van der Waals surface area contributed by atoms with E-state index in [2.05, 4.69) is 4.90 Å². The Labute approximate surface area is 206 Å². The molecule has 5 rings (SSSR count). The second-order valence-electron chi connectivity index (χ2n) is 10.3. The molecule has 0 aromatic heterocycles. The molecule has 6 N–H and O–H groups in total. The summed E-state index contributed by atoms with van der Waals surface area (Å²) in [6, 6.07) is 1.26. The molecule has 4 aliphatic rings. The number of amides is 1. The van der Waals surface area contributed by atoms with E-state index < -0.39 is 64.2 Å². The number of aliphatic hydroxyl groups excluding tert-OH is 2. The molecule has 36 heavy (non-hydrogen) atoms. The summed E-state index contributed by atoms with van der Waals surface area (Å²) in [7, 11) is 0. The number of aliphatic hydroxyl groups is 3. The van der Waals surface area contributed by atoms with Crippen molar-refractivity contribution >= 4 is 23.2 Å². The van der Waals surface area contributed by atoms with Crippen LogP contribution in [0.1, 0.15) is 48.8 Å². The zero-order chi connectivity index (χ0) is 25.9. The first kappa shape index (κ1) is 24.5. The Bertz CT molecular complexity index is 1250. The van der Waals surface area contributed by atoms with E-state index in [1.165, 1.54) is 6.07 Å². The molecule has 0 spiro atoms. The SMILES string of the molecule is NC(=O)C1=C(O)[C@@]2(O)C(=O)C3=C(O)c4c(O)c(CCCN5CCCC5)cc(F)c4CC3C[C@H]2CC1=O. The van der Waals surface area contributed by atoms with E-state index in [1.54, 1.807) is 0 Å². The second-order valence-corrected chi connectivity index (χ2v) is 10.3. The van der Waals surface area contributed by atoms with Crippen LogP contribution in [0, 0.1) is 17.7 Å². The fourth-order valence-electron chi connectivity index (χ4n) is 6.39. The lowest BCUT2D eigenvalue weighted by Gasteiger charge is -2.46. The number of Topliss-reactive ketones (excluding diaryl/α,β-unsaturated/α-hetero) is 2. The summed E-state index contributed by atoms with van der Waals surface area (Å²) in [5.41, 5.74) is 1.62. The molecule has 2 fully saturated rings. The van der Waals surface area contributed by atoms with Gasteiger partial charge < -0.3 is 31.1 Å². The van der Waals surface area contributed by atoms with E-state index in [0.717, 1.165) is 32.5 Å². The first-order valence-electron chi connectivity index (χ1n) is 12.3. The predicted octanol–water partition coefficient (Wildman–Crippen LogP) is 1.59. The second kappa shape index (κ2) is 8.70. The van der Waals surface area contributed by atoms with Crippen LogP contribution >= 0.6 is 0 Å². The number of carbonyl (C=O) groups excluding carboxylic acids is 3. The number of phenolic OH excluding ortho intramolecular Hbond substituents is 1. The third-order valence-corrected chi connectivity index (χ3v) is 8.21. The number of nitrogens with zero attached hydrogens (tertiary/aromatic N) is 1. The third-order valence-electron chi connectivity index (χ3n) is 8.21. The van der Waals surface area contributed by atoms with Crippen LogP contribution in [-0.4, -0.2) is 68.0 Å². The first-order valence-corrected chi connectivity index (χ1v) is 12.3. The lowest BCUT2D eigenvalue weighted by Crippen LogP contribution is -2.58. The Kier molecular flexibility index (Phi) is 5.91. The number of nitrogens with two attached hydrogens (primary N) is 1. The van der Waals surface area contributed by atoms with Crippen molar-refractivity contribution < 1.29 is 39.2 Å². The van der Waals surface area contributed by atoms with Gasteiger partial charge in [0.05, 0.1) is 5.56 Å². The molecule has 0 bridgehead atoms. The topological polar surface area (TPSA) is 161 Å². The molecule has 3 atom stereocenters. The van der Waals surface area contributed by atoms with E-state index in [9.17, 15) is 34.8 Å². The highest BCUT2D eigenvalue weighted by Gasteiger charge is 2.60. The summed E-state index contributed by atoms with van der Waals surface area (Å²) in [5, 5.41) is 44.0. The molecule has 1 aromatic carbocycles. The van der Waals surface area contributed by atoms with Crippen molar-refractivity contribution in [3.8, 4) is 5.75 Å².